The van der Waals surface area contributed by atoms with Crippen LogP contribution in [-0.4, -0.2) is 63.9 Å². The van der Waals surface area contributed by atoms with E-state index in [-0.39, 0.29) is 12.4 Å². The van der Waals surface area contributed by atoms with Crippen LogP contribution >= 0.6 is 12.4 Å². The first-order chi connectivity index (χ1) is 15.5. The number of halogens is 1. The van der Waals surface area contributed by atoms with Gasteiger partial charge in [0.05, 0.1) is 13.2 Å². The van der Waals surface area contributed by atoms with Crippen LogP contribution in [0.2, 0.25) is 0 Å². The number of benzene rings is 1. The van der Waals surface area contributed by atoms with Gasteiger partial charge in [0.25, 0.3) is 0 Å². The molecule has 2 saturated heterocycles. The van der Waals surface area contributed by atoms with E-state index in [0.717, 1.165) is 45.3 Å². The Labute approximate surface area is 209 Å². The zero-order chi connectivity index (χ0) is 22.6. The second kappa shape index (κ2) is 12.1. The first-order valence-electron chi connectivity index (χ1n) is 13.5. The fraction of sp³-hybridized carbons (Fsp3) is 0.786. The number of morpholine rings is 1. The van der Waals surface area contributed by atoms with Crippen LogP contribution in [0.5, 0.6) is 0 Å². The van der Waals surface area contributed by atoms with E-state index in [0.29, 0.717) is 11.3 Å². The lowest BCUT2D eigenvalue weighted by atomic mass is 9.66. The van der Waals surface area contributed by atoms with Crippen molar-refractivity contribution >= 4 is 23.8 Å². The summed E-state index contributed by atoms with van der Waals surface area (Å²) in [7, 11) is 0. The first kappa shape index (κ1) is 26.6. The molecule has 0 spiro atoms. The van der Waals surface area contributed by atoms with Crippen molar-refractivity contribution in [3.05, 3.63) is 23.8 Å². The number of hydrogen-bond acceptors (Lipinski definition) is 4. The second-order valence-electron chi connectivity index (χ2n) is 11.0. The maximum absolute atomic E-state index is 5.62. The Balaban J connectivity index is 0.00000306. The van der Waals surface area contributed by atoms with Crippen molar-refractivity contribution in [3.8, 4) is 0 Å². The van der Waals surface area contributed by atoms with Gasteiger partial charge >= 0.3 is 0 Å². The quantitative estimate of drug-likeness (QED) is 0.466. The molecule has 0 bridgehead atoms. The van der Waals surface area contributed by atoms with E-state index in [2.05, 4.69) is 60.6 Å². The number of nitrogens with zero attached hydrogens (tertiary/aromatic N) is 3. The summed E-state index contributed by atoms with van der Waals surface area (Å²) in [6, 6.07) is 7.41. The summed E-state index contributed by atoms with van der Waals surface area (Å²) in [6.07, 6.45) is 8.19. The molecule has 1 aromatic carbocycles. The fourth-order valence-corrected chi connectivity index (χ4v) is 6.36. The van der Waals surface area contributed by atoms with Gasteiger partial charge < -0.3 is 14.5 Å². The molecule has 0 atom stereocenters. The topological polar surface area (TPSA) is 19.0 Å². The van der Waals surface area contributed by atoms with E-state index in [9.17, 15) is 0 Å². The van der Waals surface area contributed by atoms with Gasteiger partial charge in [0.1, 0.15) is 0 Å². The van der Waals surface area contributed by atoms with Crippen molar-refractivity contribution in [3.63, 3.8) is 0 Å². The highest BCUT2D eigenvalue weighted by atomic mass is 35.5. The lowest BCUT2D eigenvalue weighted by Crippen LogP contribution is -2.47. The highest BCUT2D eigenvalue weighted by molar-refractivity contribution is 5.85. The van der Waals surface area contributed by atoms with Crippen LogP contribution in [0.15, 0.2) is 18.2 Å². The van der Waals surface area contributed by atoms with E-state index < -0.39 is 0 Å². The third kappa shape index (κ3) is 6.38. The van der Waals surface area contributed by atoms with Crippen molar-refractivity contribution in [2.75, 3.05) is 68.8 Å². The highest BCUT2D eigenvalue weighted by Gasteiger charge is 2.34. The van der Waals surface area contributed by atoms with Crippen LogP contribution in [0.4, 0.5) is 11.4 Å². The number of hydrogen-bond donors (Lipinski definition) is 0. The molecular formula is C28H48ClN3O. The number of piperazine rings is 1. The van der Waals surface area contributed by atoms with Crippen molar-refractivity contribution in [2.24, 2.45) is 11.3 Å². The second-order valence-corrected chi connectivity index (χ2v) is 11.0. The Hall–Kier alpha value is -0.970. The Kier molecular flexibility index (Phi) is 9.79. The van der Waals surface area contributed by atoms with Crippen LogP contribution in [-0.2, 0) is 4.74 Å². The van der Waals surface area contributed by atoms with Crippen molar-refractivity contribution in [1.82, 2.24) is 4.90 Å². The van der Waals surface area contributed by atoms with Crippen LogP contribution in [0.3, 0.4) is 0 Å². The molecule has 5 heteroatoms. The fourth-order valence-electron chi connectivity index (χ4n) is 6.36. The molecule has 4 rings (SSSR count). The molecule has 188 valence electrons. The summed E-state index contributed by atoms with van der Waals surface area (Å²) in [4.78, 5) is 7.87. The monoisotopic (exact) mass is 477 g/mol. The van der Waals surface area contributed by atoms with Gasteiger partial charge in [0.15, 0.2) is 0 Å². The number of ether oxygens (including phenoxy) is 1. The largest absolute Gasteiger partial charge is 0.378 e. The van der Waals surface area contributed by atoms with E-state index in [1.807, 2.05) is 0 Å². The Bertz CT molecular complexity index is 712. The van der Waals surface area contributed by atoms with Crippen LogP contribution in [0.1, 0.15) is 77.7 Å². The van der Waals surface area contributed by atoms with Crippen LogP contribution < -0.4 is 9.80 Å². The average Bonchev–Trinajstić information content (AvgIpc) is 2.84. The summed E-state index contributed by atoms with van der Waals surface area (Å²) in [5.74, 6) is 1.47. The van der Waals surface area contributed by atoms with E-state index in [1.54, 1.807) is 5.56 Å². The molecule has 3 aliphatic rings. The van der Waals surface area contributed by atoms with Crippen molar-refractivity contribution in [1.29, 1.82) is 0 Å². The molecule has 0 radical (unpaired) electrons. The molecule has 1 saturated carbocycles. The molecule has 2 aliphatic heterocycles. The standard InChI is InChI=1S/C28H47N3O.ClH/c1-5-28(6-2)11-9-24(10-12-28)26-21-25(30-17-19-32-20-18-30)7-8-27(26)31-15-13-29(14-16-31)22-23(3)4;/h7-8,21,23-24H,5-6,9-20,22H2,1-4H3;1H. The summed E-state index contributed by atoms with van der Waals surface area (Å²) in [5, 5.41) is 0. The van der Waals surface area contributed by atoms with E-state index in [1.165, 1.54) is 69.5 Å². The highest BCUT2D eigenvalue weighted by Crippen LogP contribution is 2.49. The lowest BCUT2D eigenvalue weighted by Gasteiger charge is -2.42. The SMILES string of the molecule is CCC1(CC)CCC(c2cc(N3CCOCC3)ccc2N2CCN(CC(C)C)CC2)CC1.Cl. The summed E-state index contributed by atoms with van der Waals surface area (Å²) >= 11 is 0. The first-order valence-corrected chi connectivity index (χ1v) is 13.5. The van der Waals surface area contributed by atoms with Crippen LogP contribution in [0.25, 0.3) is 0 Å². The number of rotatable bonds is 7. The maximum Gasteiger partial charge on any atom is 0.0642 e. The summed E-state index contributed by atoms with van der Waals surface area (Å²) in [6.45, 7) is 19.2. The van der Waals surface area contributed by atoms with Gasteiger partial charge in [-0.05, 0) is 66.7 Å². The van der Waals surface area contributed by atoms with Crippen LogP contribution in [0, 0.1) is 11.3 Å². The smallest absolute Gasteiger partial charge is 0.0642 e. The van der Waals surface area contributed by atoms with E-state index >= 15 is 0 Å². The molecule has 0 unspecified atom stereocenters. The van der Waals surface area contributed by atoms with Gasteiger partial charge in [-0.25, -0.2) is 0 Å². The zero-order valence-electron chi connectivity index (χ0n) is 21.7. The predicted octanol–water partition coefficient (Wildman–Crippen LogP) is 6.19. The Morgan fingerprint density at radius 1 is 0.909 bits per heavy atom. The normalized spacial score (nSPS) is 22.5. The predicted molar refractivity (Wildman–Crippen MR) is 144 cm³/mol. The third-order valence-electron chi connectivity index (χ3n) is 8.71. The lowest BCUT2D eigenvalue weighted by molar-refractivity contribution is 0.122. The third-order valence-corrected chi connectivity index (χ3v) is 8.71. The molecular weight excluding hydrogens is 430 g/mol. The Morgan fingerprint density at radius 2 is 1.55 bits per heavy atom. The molecule has 1 aliphatic carbocycles. The zero-order valence-corrected chi connectivity index (χ0v) is 22.5. The number of anilines is 2. The molecule has 33 heavy (non-hydrogen) atoms. The molecule has 0 N–H and O–H groups in total. The maximum atomic E-state index is 5.62. The van der Waals surface area contributed by atoms with Crippen molar-refractivity contribution < 1.29 is 4.74 Å². The Morgan fingerprint density at radius 3 is 2.12 bits per heavy atom. The van der Waals surface area contributed by atoms with Gasteiger partial charge in [-0.2, -0.15) is 0 Å². The molecule has 4 nitrogen and oxygen atoms in total. The molecule has 2 heterocycles. The van der Waals surface area contributed by atoms with Gasteiger partial charge in [-0.15, -0.1) is 12.4 Å². The van der Waals surface area contributed by atoms with Gasteiger partial charge in [0, 0.05) is 57.2 Å². The van der Waals surface area contributed by atoms with Gasteiger partial charge in [0.2, 0.25) is 0 Å². The minimum Gasteiger partial charge on any atom is -0.378 e. The molecule has 3 fully saturated rings. The van der Waals surface area contributed by atoms with E-state index in [4.69, 9.17) is 4.74 Å². The summed E-state index contributed by atoms with van der Waals surface area (Å²) < 4.78 is 5.62. The minimum atomic E-state index is 0. The molecule has 1 aromatic rings. The van der Waals surface area contributed by atoms with Gasteiger partial charge in [-0.1, -0.05) is 40.5 Å². The van der Waals surface area contributed by atoms with Crippen molar-refractivity contribution in [2.45, 2.75) is 72.1 Å². The summed E-state index contributed by atoms with van der Waals surface area (Å²) in [5.41, 5.74) is 5.16. The minimum absolute atomic E-state index is 0. The average molecular weight is 478 g/mol. The molecule has 0 aromatic heterocycles. The van der Waals surface area contributed by atoms with Gasteiger partial charge in [-0.3, -0.25) is 4.90 Å². The molecule has 0 amide bonds.